The number of nitrogens with zero attached hydrogens (tertiary/aromatic N) is 2. The summed E-state index contributed by atoms with van der Waals surface area (Å²) in [4.78, 5) is 18.6. The van der Waals surface area contributed by atoms with Crippen LogP contribution >= 0.6 is 0 Å². The number of likely N-dealkylation sites (N-methyl/N-ethyl adjacent to an activating group) is 1. The second kappa shape index (κ2) is 6.29. The summed E-state index contributed by atoms with van der Waals surface area (Å²) < 4.78 is 26.4. The largest absolute Gasteiger partial charge is 0.337 e. The fraction of sp³-hybridized carbons (Fsp3) is 0.467. The van der Waals surface area contributed by atoms with Gasteiger partial charge in [0, 0.05) is 24.7 Å². The molecule has 0 aromatic heterocycles. The number of carbonyl (C=O) groups is 1. The molecule has 2 heterocycles. The van der Waals surface area contributed by atoms with E-state index in [1.54, 1.807) is 18.2 Å². The van der Waals surface area contributed by atoms with Gasteiger partial charge >= 0.3 is 0 Å². The van der Waals surface area contributed by atoms with E-state index >= 15 is 0 Å². The molecule has 1 fully saturated rings. The molecule has 0 spiro atoms. The molecule has 8 heteroatoms. The Morgan fingerprint density at radius 1 is 1.43 bits per heavy atom. The molecule has 0 aliphatic carbocycles. The Kier molecular flexibility index (Phi) is 4.36. The van der Waals surface area contributed by atoms with Crippen molar-refractivity contribution in [2.45, 2.75) is 23.8 Å². The molecule has 124 valence electrons. The number of sulfonamides is 1. The van der Waals surface area contributed by atoms with Crippen molar-refractivity contribution >= 4 is 21.8 Å². The molecule has 2 aliphatic heterocycles. The van der Waals surface area contributed by atoms with Crippen LogP contribution < -0.4 is 10.0 Å². The molecule has 2 aliphatic rings. The van der Waals surface area contributed by atoms with Crippen molar-refractivity contribution in [1.29, 1.82) is 0 Å². The first-order valence-electron chi connectivity index (χ1n) is 7.63. The number of benzene rings is 1. The third-order valence-corrected chi connectivity index (χ3v) is 5.57. The molecular weight excluding hydrogens is 316 g/mol. The first kappa shape index (κ1) is 15.9. The molecule has 0 saturated carbocycles. The van der Waals surface area contributed by atoms with E-state index in [2.05, 4.69) is 15.0 Å². The maximum Gasteiger partial charge on any atom is 0.263 e. The van der Waals surface area contributed by atoms with Gasteiger partial charge in [-0.1, -0.05) is 12.1 Å². The lowest BCUT2D eigenvalue weighted by Gasteiger charge is -2.23. The van der Waals surface area contributed by atoms with Crippen LogP contribution in [0.3, 0.4) is 0 Å². The summed E-state index contributed by atoms with van der Waals surface area (Å²) in [6.45, 7) is 1.45. The number of hydrogen-bond acceptors (Lipinski definition) is 5. The van der Waals surface area contributed by atoms with Crippen molar-refractivity contribution in [2.24, 2.45) is 4.99 Å². The van der Waals surface area contributed by atoms with E-state index in [9.17, 15) is 13.2 Å². The highest BCUT2D eigenvalue weighted by atomic mass is 32.2. The highest BCUT2D eigenvalue weighted by Gasteiger charge is 2.31. The Morgan fingerprint density at radius 2 is 2.22 bits per heavy atom. The van der Waals surface area contributed by atoms with Gasteiger partial charge in [-0.15, -0.1) is 0 Å². The van der Waals surface area contributed by atoms with Crippen LogP contribution in [0.2, 0.25) is 0 Å². The minimum absolute atomic E-state index is 0.0492. The van der Waals surface area contributed by atoms with Crippen molar-refractivity contribution in [1.82, 2.24) is 14.9 Å². The average Bonchev–Trinajstić information content (AvgIpc) is 3.09. The predicted molar refractivity (Wildman–Crippen MR) is 86.8 cm³/mol. The van der Waals surface area contributed by atoms with Crippen LogP contribution in [0.25, 0.3) is 0 Å². The lowest BCUT2D eigenvalue weighted by Crippen LogP contribution is -2.42. The second-order valence-electron chi connectivity index (χ2n) is 5.71. The highest BCUT2D eigenvalue weighted by Crippen LogP contribution is 2.22. The van der Waals surface area contributed by atoms with Crippen LogP contribution in [-0.2, 0) is 14.8 Å². The van der Waals surface area contributed by atoms with Crippen LogP contribution in [0.1, 0.15) is 18.4 Å². The highest BCUT2D eigenvalue weighted by molar-refractivity contribution is 7.90. The SMILES string of the molecule is CNCC1CCCN1C(=O)CN=C1NS(=O)(=O)c2ccccc21. The van der Waals surface area contributed by atoms with Crippen LogP contribution in [-0.4, -0.2) is 57.8 Å². The number of amides is 1. The smallest absolute Gasteiger partial charge is 0.263 e. The van der Waals surface area contributed by atoms with E-state index in [1.807, 2.05) is 11.9 Å². The number of hydrogen-bond donors (Lipinski definition) is 2. The average molecular weight is 336 g/mol. The maximum absolute atomic E-state index is 12.4. The van der Waals surface area contributed by atoms with Crippen LogP contribution in [0.4, 0.5) is 0 Å². The molecule has 1 saturated heterocycles. The van der Waals surface area contributed by atoms with Crippen molar-refractivity contribution in [3.63, 3.8) is 0 Å². The summed E-state index contributed by atoms with van der Waals surface area (Å²) in [5.74, 6) is 0.178. The second-order valence-corrected chi connectivity index (χ2v) is 7.36. The Bertz CT molecular complexity index is 745. The first-order valence-corrected chi connectivity index (χ1v) is 9.12. The molecule has 1 aromatic rings. The third kappa shape index (κ3) is 3.09. The van der Waals surface area contributed by atoms with E-state index in [-0.39, 0.29) is 29.2 Å². The fourth-order valence-corrected chi connectivity index (χ4v) is 4.35. The fourth-order valence-electron chi connectivity index (χ4n) is 3.10. The molecule has 1 unspecified atom stereocenters. The predicted octanol–water partition coefficient (Wildman–Crippen LogP) is -0.0645. The van der Waals surface area contributed by atoms with Crippen LogP contribution in [0.15, 0.2) is 34.2 Å². The van der Waals surface area contributed by atoms with Gasteiger partial charge in [-0.25, -0.2) is 8.42 Å². The summed E-state index contributed by atoms with van der Waals surface area (Å²) in [5, 5.41) is 3.09. The number of amidine groups is 1. The molecule has 3 rings (SSSR count). The van der Waals surface area contributed by atoms with Crippen molar-refractivity contribution < 1.29 is 13.2 Å². The Morgan fingerprint density at radius 3 is 3.00 bits per heavy atom. The van der Waals surface area contributed by atoms with Crippen LogP contribution in [0, 0.1) is 0 Å². The van der Waals surface area contributed by atoms with Crippen LogP contribution in [0.5, 0.6) is 0 Å². The number of carbonyl (C=O) groups excluding carboxylic acids is 1. The van der Waals surface area contributed by atoms with Gasteiger partial charge < -0.3 is 10.2 Å². The van der Waals surface area contributed by atoms with Gasteiger partial charge in [-0.05, 0) is 32.0 Å². The molecule has 7 nitrogen and oxygen atoms in total. The van der Waals surface area contributed by atoms with Crippen molar-refractivity contribution in [3.8, 4) is 0 Å². The topological polar surface area (TPSA) is 90.9 Å². The van der Waals surface area contributed by atoms with E-state index in [4.69, 9.17) is 0 Å². The molecule has 0 bridgehead atoms. The molecule has 1 aromatic carbocycles. The molecule has 2 N–H and O–H groups in total. The van der Waals surface area contributed by atoms with Gasteiger partial charge in [0.2, 0.25) is 5.91 Å². The number of rotatable bonds is 4. The Balaban J connectivity index is 1.75. The standard InChI is InChI=1S/C15H20N4O3S/c1-16-9-11-5-4-8-19(11)14(20)10-17-15-12-6-2-3-7-13(12)23(21,22)18-15/h2-3,6-7,11,16H,4-5,8-10H2,1H3,(H,17,18). The van der Waals surface area contributed by atoms with Gasteiger partial charge in [0.25, 0.3) is 10.0 Å². The van der Waals surface area contributed by atoms with Gasteiger partial charge in [-0.3, -0.25) is 14.5 Å². The minimum Gasteiger partial charge on any atom is -0.337 e. The molecule has 23 heavy (non-hydrogen) atoms. The summed E-state index contributed by atoms with van der Waals surface area (Å²) in [6.07, 6.45) is 1.97. The summed E-state index contributed by atoms with van der Waals surface area (Å²) in [5.41, 5.74) is 0.522. The van der Waals surface area contributed by atoms with Gasteiger partial charge in [-0.2, -0.15) is 0 Å². The lowest BCUT2D eigenvalue weighted by atomic mass is 10.2. The normalized spacial score (nSPS) is 23.8. The summed E-state index contributed by atoms with van der Waals surface area (Å²) >= 11 is 0. The van der Waals surface area contributed by atoms with Gasteiger partial charge in [0.15, 0.2) is 0 Å². The monoisotopic (exact) mass is 336 g/mol. The maximum atomic E-state index is 12.4. The van der Waals surface area contributed by atoms with E-state index in [1.165, 1.54) is 6.07 Å². The Labute approximate surface area is 135 Å². The number of nitrogens with one attached hydrogen (secondary N) is 2. The lowest BCUT2D eigenvalue weighted by molar-refractivity contribution is -0.130. The number of likely N-dealkylation sites (tertiary alicyclic amines) is 1. The molecular formula is C15H20N4O3S. The van der Waals surface area contributed by atoms with Gasteiger partial charge in [0.05, 0.1) is 4.90 Å². The molecule has 1 atom stereocenters. The first-order chi connectivity index (χ1) is 11.0. The van der Waals surface area contributed by atoms with E-state index in [0.29, 0.717) is 5.56 Å². The van der Waals surface area contributed by atoms with E-state index in [0.717, 1.165) is 25.9 Å². The van der Waals surface area contributed by atoms with Crippen molar-refractivity contribution in [3.05, 3.63) is 29.8 Å². The zero-order valence-corrected chi connectivity index (χ0v) is 13.8. The zero-order valence-electron chi connectivity index (χ0n) is 12.9. The zero-order chi connectivity index (χ0) is 16.4. The van der Waals surface area contributed by atoms with E-state index < -0.39 is 10.0 Å². The third-order valence-electron chi connectivity index (χ3n) is 4.17. The van der Waals surface area contributed by atoms with Gasteiger partial charge in [0.1, 0.15) is 12.4 Å². The summed E-state index contributed by atoms with van der Waals surface area (Å²) in [7, 11) is -1.69. The van der Waals surface area contributed by atoms with Crippen molar-refractivity contribution in [2.75, 3.05) is 26.7 Å². The minimum atomic E-state index is -3.56. The number of aliphatic imine (C=N–C) groups is 1. The quantitative estimate of drug-likeness (QED) is 0.806. The Hall–Kier alpha value is -1.93. The molecule has 0 radical (unpaired) electrons. The number of fused-ring (bicyclic) bond motifs is 1. The molecule has 1 amide bonds. The summed E-state index contributed by atoms with van der Waals surface area (Å²) in [6, 6.07) is 6.84.